The van der Waals surface area contributed by atoms with Crippen molar-refractivity contribution in [2.45, 2.75) is 25.9 Å². The van der Waals surface area contributed by atoms with Gasteiger partial charge in [0.1, 0.15) is 5.82 Å². The predicted octanol–water partition coefficient (Wildman–Crippen LogP) is 2.95. The third-order valence-corrected chi connectivity index (χ3v) is 3.94. The van der Waals surface area contributed by atoms with Gasteiger partial charge >= 0.3 is 0 Å². The van der Waals surface area contributed by atoms with E-state index in [1.165, 1.54) is 10.9 Å². The molecule has 1 aromatic carbocycles. The molecule has 0 saturated carbocycles. The van der Waals surface area contributed by atoms with E-state index in [4.69, 9.17) is 0 Å². The number of aryl methyl sites for hydroxylation is 1. The van der Waals surface area contributed by atoms with Crippen molar-refractivity contribution in [3.63, 3.8) is 0 Å². The van der Waals surface area contributed by atoms with Crippen LogP contribution in [0.1, 0.15) is 24.4 Å². The number of pyridine rings is 1. The molecule has 3 aromatic rings. The normalized spacial score (nSPS) is 12.7. The van der Waals surface area contributed by atoms with Crippen LogP contribution in [0.4, 0.5) is 0 Å². The number of hydrogen-bond acceptors (Lipinski definition) is 3. The number of hydrogen-bond donors (Lipinski definition) is 1. The molecule has 0 fully saturated rings. The Morgan fingerprint density at radius 1 is 1.14 bits per heavy atom. The van der Waals surface area contributed by atoms with E-state index in [0.29, 0.717) is 0 Å². The number of nitrogens with zero attached hydrogens (tertiary/aromatic N) is 3. The Morgan fingerprint density at radius 2 is 2.00 bits per heavy atom. The molecular weight excluding hydrogens is 260 g/mol. The van der Waals surface area contributed by atoms with Crippen molar-refractivity contribution in [2.24, 2.45) is 0 Å². The minimum Gasteiger partial charge on any atom is -0.335 e. The number of aromatic nitrogens is 3. The lowest BCUT2D eigenvalue weighted by molar-refractivity contribution is 0.556. The summed E-state index contributed by atoms with van der Waals surface area (Å²) in [6.45, 7) is 3.09. The average molecular weight is 280 g/mol. The molecule has 3 rings (SSSR count). The highest BCUT2D eigenvalue weighted by atomic mass is 15.1. The molecule has 2 heterocycles. The smallest absolute Gasteiger partial charge is 0.110 e. The maximum atomic E-state index is 4.49. The molecule has 0 bridgehead atoms. The number of para-hydroxylation sites is 1. The molecule has 0 radical (unpaired) electrons. The monoisotopic (exact) mass is 280 g/mol. The summed E-state index contributed by atoms with van der Waals surface area (Å²) in [5.74, 6) is 1.11. The van der Waals surface area contributed by atoms with Gasteiger partial charge < -0.3 is 9.88 Å². The van der Waals surface area contributed by atoms with E-state index in [9.17, 15) is 0 Å². The summed E-state index contributed by atoms with van der Waals surface area (Å²) in [5.41, 5.74) is 2.31. The number of imidazole rings is 1. The van der Waals surface area contributed by atoms with Crippen molar-refractivity contribution in [1.82, 2.24) is 19.9 Å². The van der Waals surface area contributed by atoms with Crippen LogP contribution in [0.15, 0.2) is 48.9 Å². The Bertz CT molecular complexity index is 727. The summed E-state index contributed by atoms with van der Waals surface area (Å²) in [6, 6.07) is 10.6. The second-order valence-corrected chi connectivity index (χ2v) is 5.09. The fourth-order valence-corrected chi connectivity index (χ4v) is 2.79. The molecule has 108 valence electrons. The van der Waals surface area contributed by atoms with Crippen molar-refractivity contribution in [3.05, 3.63) is 60.3 Å². The Hall–Kier alpha value is -2.20. The van der Waals surface area contributed by atoms with E-state index in [0.717, 1.165) is 24.3 Å². The maximum absolute atomic E-state index is 4.49. The van der Waals surface area contributed by atoms with Gasteiger partial charge in [0.2, 0.25) is 0 Å². The van der Waals surface area contributed by atoms with Crippen LogP contribution >= 0.6 is 0 Å². The van der Waals surface area contributed by atoms with Crippen LogP contribution in [0.3, 0.4) is 0 Å². The Balaban J connectivity index is 1.99. The molecule has 2 aromatic heterocycles. The lowest BCUT2D eigenvalue weighted by Crippen LogP contribution is -2.21. The average Bonchev–Trinajstić information content (AvgIpc) is 2.99. The highest BCUT2D eigenvalue weighted by Crippen LogP contribution is 2.24. The molecule has 0 aliphatic rings. The minimum absolute atomic E-state index is 0.227. The molecule has 0 amide bonds. The summed E-state index contributed by atoms with van der Waals surface area (Å²) in [7, 11) is 2.00. The first-order valence-corrected chi connectivity index (χ1v) is 7.34. The molecule has 0 aliphatic carbocycles. The van der Waals surface area contributed by atoms with Crippen molar-refractivity contribution in [1.29, 1.82) is 0 Å². The number of likely N-dealkylation sites (N-methyl/N-ethyl adjacent to an activating group) is 1. The first-order valence-electron chi connectivity index (χ1n) is 7.34. The van der Waals surface area contributed by atoms with E-state index < -0.39 is 0 Å². The van der Waals surface area contributed by atoms with Gasteiger partial charge in [-0.25, -0.2) is 4.98 Å². The van der Waals surface area contributed by atoms with Gasteiger partial charge in [-0.05, 0) is 31.7 Å². The van der Waals surface area contributed by atoms with Crippen LogP contribution in [0, 0.1) is 0 Å². The van der Waals surface area contributed by atoms with Crippen molar-refractivity contribution in [2.75, 3.05) is 7.05 Å². The zero-order valence-corrected chi connectivity index (χ0v) is 12.5. The predicted molar refractivity (Wildman–Crippen MR) is 85.1 cm³/mol. The maximum Gasteiger partial charge on any atom is 0.110 e. The summed E-state index contributed by atoms with van der Waals surface area (Å²) in [4.78, 5) is 8.93. The van der Waals surface area contributed by atoms with Crippen molar-refractivity contribution < 1.29 is 0 Å². The van der Waals surface area contributed by atoms with E-state index in [2.05, 4.69) is 51.0 Å². The Kier molecular flexibility index (Phi) is 3.97. The molecule has 1 N–H and O–H groups in total. The van der Waals surface area contributed by atoms with E-state index in [1.54, 1.807) is 0 Å². The van der Waals surface area contributed by atoms with Crippen LogP contribution in [0.2, 0.25) is 0 Å². The van der Waals surface area contributed by atoms with Crippen LogP contribution in [0.5, 0.6) is 0 Å². The third kappa shape index (κ3) is 2.67. The molecule has 0 aliphatic heterocycles. The van der Waals surface area contributed by atoms with Gasteiger partial charge in [0, 0.05) is 43.0 Å². The molecule has 4 nitrogen and oxygen atoms in total. The van der Waals surface area contributed by atoms with Gasteiger partial charge in [-0.1, -0.05) is 18.2 Å². The summed E-state index contributed by atoms with van der Waals surface area (Å²) in [6.07, 6.45) is 6.66. The summed E-state index contributed by atoms with van der Waals surface area (Å²) in [5, 5.41) is 4.62. The van der Waals surface area contributed by atoms with Gasteiger partial charge in [-0.15, -0.1) is 0 Å². The number of nitrogens with one attached hydrogen (secondary N) is 1. The van der Waals surface area contributed by atoms with Gasteiger partial charge in [0.25, 0.3) is 0 Å². The fraction of sp³-hybridized carbons (Fsp3) is 0.294. The third-order valence-electron chi connectivity index (χ3n) is 3.94. The van der Waals surface area contributed by atoms with Gasteiger partial charge in [-0.3, -0.25) is 4.98 Å². The van der Waals surface area contributed by atoms with Crippen LogP contribution in [-0.2, 0) is 13.0 Å². The molecule has 21 heavy (non-hydrogen) atoms. The summed E-state index contributed by atoms with van der Waals surface area (Å²) < 4.78 is 2.19. The van der Waals surface area contributed by atoms with E-state index >= 15 is 0 Å². The largest absolute Gasteiger partial charge is 0.335 e. The summed E-state index contributed by atoms with van der Waals surface area (Å²) >= 11 is 0. The van der Waals surface area contributed by atoms with Gasteiger partial charge in [0.15, 0.2) is 0 Å². The van der Waals surface area contributed by atoms with E-state index in [-0.39, 0.29) is 6.04 Å². The topological polar surface area (TPSA) is 42.7 Å². The fourth-order valence-electron chi connectivity index (χ4n) is 2.79. The molecule has 0 spiro atoms. The zero-order chi connectivity index (χ0) is 14.7. The number of benzene rings is 1. The number of fused-ring (bicyclic) bond motifs is 1. The van der Waals surface area contributed by atoms with E-state index in [1.807, 2.05) is 31.7 Å². The van der Waals surface area contributed by atoms with Crippen LogP contribution in [0.25, 0.3) is 10.9 Å². The second-order valence-electron chi connectivity index (χ2n) is 5.09. The van der Waals surface area contributed by atoms with Crippen LogP contribution in [-0.4, -0.2) is 21.6 Å². The van der Waals surface area contributed by atoms with Gasteiger partial charge in [0.05, 0.1) is 5.52 Å². The Morgan fingerprint density at radius 3 is 2.81 bits per heavy atom. The molecule has 1 atom stereocenters. The lowest BCUT2D eigenvalue weighted by Gasteiger charge is -2.18. The number of rotatable bonds is 5. The molecule has 4 heteroatoms. The SMILES string of the molecule is CCn1ccnc1CC(NC)c1ccnc2ccccc12. The zero-order valence-electron chi connectivity index (χ0n) is 12.5. The molecule has 0 saturated heterocycles. The van der Waals surface area contributed by atoms with Crippen LogP contribution < -0.4 is 5.32 Å². The highest BCUT2D eigenvalue weighted by molar-refractivity contribution is 5.82. The quantitative estimate of drug-likeness (QED) is 0.781. The van der Waals surface area contributed by atoms with Crippen molar-refractivity contribution in [3.8, 4) is 0 Å². The Labute approximate surface area is 124 Å². The minimum atomic E-state index is 0.227. The molecule has 1 unspecified atom stereocenters. The lowest BCUT2D eigenvalue weighted by atomic mass is 9.99. The first kappa shape index (κ1) is 13.8. The standard InChI is InChI=1S/C17H20N4/c1-3-21-11-10-20-17(21)12-16(18-2)14-8-9-19-15-7-5-4-6-13(14)15/h4-11,16,18H,3,12H2,1-2H3. The van der Waals surface area contributed by atoms with Gasteiger partial charge in [-0.2, -0.15) is 0 Å². The second kappa shape index (κ2) is 6.06. The molecular formula is C17H20N4. The van der Waals surface area contributed by atoms with Crippen molar-refractivity contribution >= 4 is 10.9 Å². The highest BCUT2D eigenvalue weighted by Gasteiger charge is 2.15. The first-order chi connectivity index (χ1) is 10.3.